The van der Waals surface area contributed by atoms with Gasteiger partial charge in [0.2, 0.25) is 0 Å². The van der Waals surface area contributed by atoms with Crippen molar-refractivity contribution < 1.29 is 4.79 Å². The van der Waals surface area contributed by atoms with E-state index in [-0.39, 0.29) is 5.78 Å². The average molecular weight is 240 g/mol. The van der Waals surface area contributed by atoms with E-state index in [4.69, 9.17) is 0 Å². The molecule has 0 bridgehead atoms. The zero-order valence-corrected chi connectivity index (χ0v) is 10.7. The van der Waals surface area contributed by atoms with Gasteiger partial charge >= 0.3 is 0 Å². The molecule has 0 N–H and O–H groups in total. The number of hydrogen-bond acceptors (Lipinski definition) is 3. The van der Waals surface area contributed by atoms with Crippen molar-refractivity contribution in [2.24, 2.45) is 0 Å². The van der Waals surface area contributed by atoms with E-state index in [0.717, 1.165) is 12.0 Å². The number of benzene rings is 1. The van der Waals surface area contributed by atoms with E-state index in [0.29, 0.717) is 17.9 Å². The van der Waals surface area contributed by atoms with Gasteiger partial charge in [0.05, 0.1) is 0 Å². The zero-order valence-electron chi connectivity index (χ0n) is 10.7. The van der Waals surface area contributed by atoms with Crippen LogP contribution in [0.4, 0.5) is 0 Å². The third-order valence-electron chi connectivity index (χ3n) is 2.86. The van der Waals surface area contributed by atoms with E-state index in [1.807, 2.05) is 12.1 Å². The average Bonchev–Trinajstić information content (AvgIpc) is 2.39. The molecule has 0 unspecified atom stereocenters. The Labute approximate surface area is 107 Å². The van der Waals surface area contributed by atoms with Gasteiger partial charge in [-0.2, -0.15) is 0 Å². The lowest BCUT2D eigenvalue weighted by Crippen LogP contribution is -2.07. The first-order chi connectivity index (χ1) is 8.69. The van der Waals surface area contributed by atoms with Crippen molar-refractivity contribution in [3.8, 4) is 0 Å². The third-order valence-corrected chi connectivity index (χ3v) is 2.86. The lowest BCUT2D eigenvalue weighted by atomic mass is 10.0. The monoisotopic (exact) mass is 240 g/mol. The van der Waals surface area contributed by atoms with Gasteiger partial charge in [0.15, 0.2) is 5.78 Å². The molecule has 2 aromatic rings. The summed E-state index contributed by atoms with van der Waals surface area (Å²) in [6, 6.07) is 9.80. The molecule has 0 radical (unpaired) electrons. The second-order valence-corrected chi connectivity index (χ2v) is 4.26. The molecule has 0 atom stereocenters. The fourth-order valence-corrected chi connectivity index (χ4v) is 1.78. The van der Waals surface area contributed by atoms with Gasteiger partial charge in [-0.25, -0.2) is 9.97 Å². The highest BCUT2D eigenvalue weighted by Crippen LogP contribution is 2.08. The lowest BCUT2D eigenvalue weighted by Gasteiger charge is -2.03. The zero-order chi connectivity index (χ0) is 13.0. The molecule has 0 aliphatic carbocycles. The Morgan fingerprint density at radius 3 is 2.39 bits per heavy atom. The minimum atomic E-state index is 0.0322. The van der Waals surface area contributed by atoms with Crippen LogP contribution in [0.5, 0.6) is 0 Å². The number of aryl methyl sites for hydroxylation is 2. The topological polar surface area (TPSA) is 42.9 Å². The first-order valence-corrected chi connectivity index (χ1v) is 6.09. The van der Waals surface area contributed by atoms with Crippen molar-refractivity contribution in [1.82, 2.24) is 9.97 Å². The minimum Gasteiger partial charge on any atom is -0.292 e. The standard InChI is InChI=1S/C15H16N2O/c1-3-12-4-6-13(7-5-12)10-15(18)14-8-9-16-11(2)17-14/h4-9H,3,10H2,1-2H3. The smallest absolute Gasteiger partial charge is 0.185 e. The van der Waals surface area contributed by atoms with Crippen molar-refractivity contribution in [3.05, 3.63) is 59.2 Å². The minimum absolute atomic E-state index is 0.0322. The van der Waals surface area contributed by atoms with Crippen molar-refractivity contribution in [2.45, 2.75) is 26.7 Å². The normalized spacial score (nSPS) is 10.3. The van der Waals surface area contributed by atoms with Crippen LogP contribution in [-0.2, 0) is 12.8 Å². The number of rotatable bonds is 4. The molecule has 92 valence electrons. The van der Waals surface area contributed by atoms with E-state index in [1.165, 1.54) is 5.56 Å². The van der Waals surface area contributed by atoms with Crippen molar-refractivity contribution in [2.75, 3.05) is 0 Å². The molecule has 1 aromatic heterocycles. The van der Waals surface area contributed by atoms with Crippen LogP contribution in [0, 0.1) is 6.92 Å². The van der Waals surface area contributed by atoms with Crippen LogP contribution < -0.4 is 0 Å². The molecule has 3 nitrogen and oxygen atoms in total. The number of carbonyl (C=O) groups is 1. The number of ketones is 1. The fourth-order valence-electron chi connectivity index (χ4n) is 1.78. The first-order valence-electron chi connectivity index (χ1n) is 6.09. The lowest BCUT2D eigenvalue weighted by molar-refractivity contribution is 0.0988. The SMILES string of the molecule is CCc1ccc(CC(=O)c2ccnc(C)n2)cc1. The fraction of sp³-hybridized carbons (Fsp3) is 0.267. The Hall–Kier alpha value is -2.03. The van der Waals surface area contributed by atoms with Crippen LogP contribution in [0.3, 0.4) is 0 Å². The van der Waals surface area contributed by atoms with E-state index >= 15 is 0 Å². The summed E-state index contributed by atoms with van der Waals surface area (Å²) in [4.78, 5) is 20.2. The summed E-state index contributed by atoms with van der Waals surface area (Å²) in [5.74, 6) is 0.659. The van der Waals surface area contributed by atoms with E-state index in [9.17, 15) is 4.79 Å². The Morgan fingerprint density at radius 1 is 1.11 bits per heavy atom. The molecule has 0 aliphatic heterocycles. The molecular weight excluding hydrogens is 224 g/mol. The van der Waals surface area contributed by atoms with E-state index < -0.39 is 0 Å². The molecule has 2 rings (SSSR count). The highest BCUT2D eigenvalue weighted by Gasteiger charge is 2.08. The van der Waals surface area contributed by atoms with Crippen LogP contribution in [0.1, 0.15) is 34.4 Å². The summed E-state index contributed by atoms with van der Waals surface area (Å²) >= 11 is 0. The Bertz CT molecular complexity index is 547. The second-order valence-electron chi connectivity index (χ2n) is 4.26. The number of aromatic nitrogens is 2. The molecule has 18 heavy (non-hydrogen) atoms. The summed E-state index contributed by atoms with van der Waals surface area (Å²) in [6.07, 6.45) is 3.02. The Balaban J connectivity index is 2.11. The van der Waals surface area contributed by atoms with Gasteiger partial charge in [-0.3, -0.25) is 4.79 Å². The quantitative estimate of drug-likeness (QED) is 0.772. The first kappa shape index (κ1) is 12.4. The number of Topliss-reactive ketones (excluding diaryl/α,β-unsaturated/α-hetero) is 1. The van der Waals surface area contributed by atoms with Gasteiger partial charge in [-0.1, -0.05) is 31.2 Å². The summed E-state index contributed by atoms with van der Waals surface area (Å²) in [5, 5.41) is 0. The Kier molecular flexibility index (Phi) is 3.82. The Morgan fingerprint density at radius 2 is 1.78 bits per heavy atom. The highest BCUT2D eigenvalue weighted by atomic mass is 16.1. The van der Waals surface area contributed by atoms with Crippen molar-refractivity contribution in [3.63, 3.8) is 0 Å². The third kappa shape index (κ3) is 3.00. The number of hydrogen-bond donors (Lipinski definition) is 0. The van der Waals surface area contributed by atoms with Crippen LogP contribution in [0.25, 0.3) is 0 Å². The van der Waals surface area contributed by atoms with Gasteiger partial charge in [0.25, 0.3) is 0 Å². The molecule has 0 saturated heterocycles. The van der Waals surface area contributed by atoms with E-state index in [1.54, 1.807) is 19.2 Å². The molecule has 0 spiro atoms. The molecule has 3 heteroatoms. The molecule has 0 aliphatic rings. The maximum Gasteiger partial charge on any atom is 0.185 e. The summed E-state index contributed by atoms with van der Waals surface area (Å²) < 4.78 is 0. The molecule has 1 aromatic carbocycles. The highest BCUT2D eigenvalue weighted by molar-refractivity contribution is 5.95. The predicted octanol–water partition coefficient (Wildman–Crippen LogP) is 2.77. The van der Waals surface area contributed by atoms with Crippen molar-refractivity contribution in [1.29, 1.82) is 0 Å². The van der Waals surface area contributed by atoms with Gasteiger partial charge in [0.1, 0.15) is 11.5 Å². The van der Waals surface area contributed by atoms with Crippen molar-refractivity contribution >= 4 is 5.78 Å². The predicted molar refractivity (Wildman–Crippen MR) is 70.6 cm³/mol. The van der Waals surface area contributed by atoms with Gasteiger partial charge in [-0.15, -0.1) is 0 Å². The molecule has 0 saturated carbocycles. The molecular formula is C15H16N2O. The van der Waals surface area contributed by atoms with Gasteiger partial charge in [-0.05, 0) is 30.5 Å². The van der Waals surface area contributed by atoms with Gasteiger partial charge in [0, 0.05) is 12.6 Å². The second kappa shape index (κ2) is 5.54. The van der Waals surface area contributed by atoms with Crippen LogP contribution in [-0.4, -0.2) is 15.8 Å². The molecule has 0 amide bonds. The van der Waals surface area contributed by atoms with Crippen LogP contribution >= 0.6 is 0 Å². The van der Waals surface area contributed by atoms with Gasteiger partial charge < -0.3 is 0 Å². The molecule has 0 fully saturated rings. The maximum absolute atomic E-state index is 12.0. The van der Waals surface area contributed by atoms with Crippen LogP contribution in [0.15, 0.2) is 36.5 Å². The number of nitrogens with zero attached hydrogens (tertiary/aromatic N) is 2. The summed E-state index contributed by atoms with van der Waals surface area (Å²) in [6.45, 7) is 3.90. The summed E-state index contributed by atoms with van der Waals surface area (Å²) in [5.41, 5.74) is 2.79. The summed E-state index contributed by atoms with van der Waals surface area (Å²) in [7, 11) is 0. The van der Waals surface area contributed by atoms with E-state index in [2.05, 4.69) is 29.0 Å². The number of carbonyl (C=O) groups excluding carboxylic acids is 1. The molecule has 1 heterocycles. The maximum atomic E-state index is 12.0. The largest absolute Gasteiger partial charge is 0.292 e. The van der Waals surface area contributed by atoms with Crippen LogP contribution in [0.2, 0.25) is 0 Å².